The molecule has 8 nitrogen and oxygen atoms in total. The van der Waals surface area contributed by atoms with Crippen LogP contribution in [0.15, 0.2) is 24.3 Å². The molecular weight excluding hydrogens is 604 g/mol. The van der Waals surface area contributed by atoms with Crippen LogP contribution in [-0.2, 0) is 6.54 Å². The van der Waals surface area contributed by atoms with E-state index in [4.69, 9.17) is 11.6 Å². The molecule has 0 aromatic heterocycles. The lowest BCUT2D eigenvalue weighted by Gasteiger charge is -2.37. The zero-order valence-electron chi connectivity index (χ0n) is 23.1. The normalized spacial score (nSPS) is 16.8. The van der Waals surface area contributed by atoms with Crippen LogP contribution < -0.4 is 15.5 Å². The predicted molar refractivity (Wildman–Crippen MR) is 149 cm³/mol. The maximum atomic E-state index is 15.0. The minimum absolute atomic E-state index is 0.0412. The number of hydrogen-bond acceptors (Lipinski definition) is 5. The number of nitrogens with zero attached hydrogens (tertiary/aromatic N) is 3. The van der Waals surface area contributed by atoms with Crippen LogP contribution in [0.25, 0.3) is 0 Å². The highest BCUT2D eigenvalue weighted by atomic mass is 35.5. The smallest absolute Gasteiger partial charge is 0.390 e. The summed E-state index contributed by atoms with van der Waals surface area (Å²) in [6, 6.07) is 3.94. The van der Waals surface area contributed by atoms with Crippen LogP contribution in [0.4, 0.5) is 42.5 Å². The fourth-order valence-electron chi connectivity index (χ4n) is 5.09. The van der Waals surface area contributed by atoms with Gasteiger partial charge in [-0.1, -0.05) is 17.7 Å². The van der Waals surface area contributed by atoms with Crippen molar-refractivity contribution >= 4 is 34.9 Å². The Morgan fingerprint density at radius 1 is 0.977 bits per heavy atom. The highest BCUT2D eigenvalue weighted by Gasteiger charge is 2.30. The van der Waals surface area contributed by atoms with Gasteiger partial charge in [0.25, 0.3) is 5.91 Å². The number of rotatable bonds is 8. The monoisotopic (exact) mass is 635 g/mol. The molecule has 2 aliphatic rings. The molecule has 2 saturated heterocycles. The number of piperidine rings is 1. The van der Waals surface area contributed by atoms with Crippen molar-refractivity contribution in [2.24, 2.45) is 5.92 Å². The van der Waals surface area contributed by atoms with Crippen molar-refractivity contribution in [3.63, 3.8) is 0 Å². The first-order chi connectivity index (χ1) is 20.4. The van der Waals surface area contributed by atoms with E-state index in [0.29, 0.717) is 25.9 Å². The highest BCUT2D eigenvalue weighted by molar-refractivity contribution is 6.31. The number of amides is 3. The average molecular weight is 636 g/mol. The van der Waals surface area contributed by atoms with E-state index >= 15 is 4.39 Å². The lowest BCUT2D eigenvalue weighted by molar-refractivity contribution is -0.138. The number of aliphatic hydroxyl groups is 1. The molecule has 3 N–H and O–H groups in total. The van der Waals surface area contributed by atoms with Crippen LogP contribution in [0.1, 0.15) is 35.2 Å². The first kappa shape index (κ1) is 32.7. The number of carbonyl (C=O) groups excluding carboxylic acids is 2. The summed E-state index contributed by atoms with van der Waals surface area (Å²) in [6.07, 6.45) is -3.96. The van der Waals surface area contributed by atoms with E-state index in [0.717, 1.165) is 18.2 Å². The van der Waals surface area contributed by atoms with Crippen molar-refractivity contribution in [3.05, 3.63) is 57.9 Å². The van der Waals surface area contributed by atoms with Crippen molar-refractivity contribution in [2.45, 2.75) is 32.0 Å². The third-order valence-corrected chi connectivity index (χ3v) is 8.00. The number of anilines is 2. The SMILES string of the molecule is O=C(Nc1cc(F)c(Cl)cc1N1CCN(CCC(F)(F)F)CC1)c1ccc(CNC(=O)N2CCC(CO)CC2)c(F)c1F. The predicted octanol–water partition coefficient (Wildman–Crippen LogP) is 5.00. The maximum absolute atomic E-state index is 15.0. The van der Waals surface area contributed by atoms with Gasteiger partial charge in [0.15, 0.2) is 11.6 Å². The van der Waals surface area contributed by atoms with Gasteiger partial charge in [-0.25, -0.2) is 18.0 Å². The maximum Gasteiger partial charge on any atom is 0.390 e. The van der Waals surface area contributed by atoms with Crippen LogP contribution in [0.2, 0.25) is 5.02 Å². The molecule has 0 atom stereocenters. The highest BCUT2D eigenvalue weighted by Crippen LogP contribution is 2.33. The van der Waals surface area contributed by atoms with Crippen LogP contribution >= 0.6 is 11.6 Å². The quantitative estimate of drug-likeness (QED) is 0.356. The molecule has 3 amide bonds. The van der Waals surface area contributed by atoms with Crippen molar-refractivity contribution in [1.29, 1.82) is 0 Å². The molecule has 43 heavy (non-hydrogen) atoms. The van der Waals surface area contributed by atoms with Gasteiger partial charge in [0, 0.05) is 70.6 Å². The number of carbonyl (C=O) groups is 2. The number of hydrogen-bond donors (Lipinski definition) is 3. The number of alkyl halides is 3. The Morgan fingerprint density at radius 2 is 1.65 bits per heavy atom. The topological polar surface area (TPSA) is 88.2 Å². The molecule has 0 unspecified atom stereocenters. The fraction of sp³-hybridized carbons (Fsp3) is 0.500. The van der Waals surface area contributed by atoms with Gasteiger partial charge < -0.3 is 25.5 Å². The second-order valence-electron chi connectivity index (χ2n) is 10.6. The lowest BCUT2D eigenvalue weighted by Crippen LogP contribution is -2.47. The molecule has 2 fully saturated rings. The van der Waals surface area contributed by atoms with Crippen LogP contribution in [0.5, 0.6) is 0 Å². The molecule has 2 aromatic rings. The summed E-state index contributed by atoms with van der Waals surface area (Å²) in [6.45, 7) is 1.46. The Hall–Kier alpha value is -3.23. The summed E-state index contributed by atoms with van der Waals surface area (Å²) in [5, 5.41) is 13.9. The summed E-state index contributed by atoms with van der Waals surface area (Å²) >= 11 is 5.96. The lowest BCUT2D eigenvalue weighted by atomic mass is 9.98. The molecule has 0 bridgehead atoms. The second kappa shape index (κ2) is 14.0. The van der Waals surface area contributed by atoms with E-state index in [2.05, 4.69) is 10.6 Å². The molecule has 2 heterocycles. The largest absolute Gasteiger partial charge is 0.396 e. The second-order valence-corrected chi connectivity index (χ2v) is 11.0. The van der Waals surface area contributed by atoms with Crippen LogP contribution in [0.3, 0.4) is 0 Å². The molecule has 4 rings (SSSR count). The summed E-state index contributed by atoms with van der Waals surface area (Å²) in [4.78, 5) is 30.3. The summed E-state index contributed by atoms with van der Waals surface area (Å²) in [5.41, 5.74) is -0.638. The molecule has 0 spiro atoms. The summed E-state index contributed by atoms with van der Waals surface area (Å²) in [5.74, 6) is -4.60. The van der Waals surface area contributed by atoms with Gasteiger partial charge in [0.2, 0.25) is 0 Å². The van der Waals surface area contributed by atoms with Gasteiger partial charge in [0.1, 0.15) is 5.82 Å². The average Bonchev–Trinajstić information content (AvgIpc) is 2.98. The third kappa shape index (κ3) is 8.45. The van der Waals surface area contributed by atoms with Gasteiger partial charge in [-0.05, 0) is 30.9 Å². The van der Waals surface area contributed by atoms with E-state index in [-0.39, 0.29) is 73.8 Å². The van der Waals surface area contributed by atoms with E-state index in [1.165, 1.54) is 11.0 Å². The Bertz CT molecular complexity index is 1310. The molecular formula is C28H32ClF6N5O3. The van der Waals surface area contributed by atoms with Crippen molar-refractivity contribution in [2.75, 3.05) is 62.6 Å². The molecule has 2 aromatic carbocycles. The van der Waals surface area contributed by atoms with Gasteiger partial charge >= 0.3 is 12.2 Å². The van der Waals surface area contributed by atoms with E-state index in [1.807, 2.05) is 0 Å². The van der Waals surface area contributed by atoms with Gasteiger partial charge in [-0.2, -0.15) is 13.2 Å². The number of likely N-dealkylation sites (tertiary alicyclic amines) is 1. The van der Waals surface area contributed by atoms with Gasteiger partial charge in [0.05, 0.1) is 28.4 Å². The number of nitrogens with one attached hydrogen (secondary N) is 2. The third-order valence-electron chi connectivity index (χ3n) is 7.71. The number of urea groups is 1. The number of piperazine rings is 1. The summed E-state index contributed by atoms with van der Waals surface area (Å²) in [7, 11) is 0. The van der Waals surface area contributed by atoms with Crippen molar-refractivity contribution in [1.82, 2.24) is 15.1 Å². The standard InChI is InChI=1S/C28H32ClF6N5O3/c29-20-13-23(39-11-9-38(10-12-39)8-5-28(33,34)35)22(14-21(20)30)37-26(42)19-2-1-18(24(31)25(19)32)15-36-27(43)40-6-3-17(16-41)4-7-40/h1-2,13-14,17,41H,3-12,15-16H2,(H,36,43)(H,37,42). The number of halogens is 7. The van der Waals surface area contributed by atoms with E-state index in [1.54, 1.807) is 9.80 Å². The molecule has 0 radical (unpaired) electrons. The molecule has 0 saturated carbocycles. The Labute approximate surface area is 249 Å². The number of aliphatic hydroxyl groups excluding tert-OH is 1. The zero-order chi connectivity index (χ0) is 31.3. The summed E-state index contributed by atoms with van der Waals surface area (Å²) < 4.78 is 82.0. The fourth-order valence-corrected chi connectivity index (χ4v) is 5.25. The molecule has 0 aliphatic carbocycles. The van der Waals surface area contributed by atoms with Crippen molar-refractivity contribution < 1.29 is 41.0 Å². The minimum Gasteiger partial charge on any atom is -0.396 e. The first-order valence-electron chi connectivity index (χ1n) is 13.8. The Morgan fingerprint density at radius 3 is 2.28 bits per heavy atom. The molecule has 2 aliphatic heterocycles. The van der Waals surface area contributed by atoms with E-state index < -0.39 is 47.6 Å². The van der Waals surface area contributed by atoms with Crippen molar-refractivity contribution in [3.8, 4) is 0 Å². The number of benzene rings is 2. The van der Waals surface area contributed by atoms with Gasteiger partial charge in [-0.15, -0.1) is 0 Å². The zero-order valence-corrected chi connectivity index (χ0v) is 23.9. The Kier molecular flexibility index (Phi) is 10.7. The molecule has 236 valence electrons. The van der Waals surface area contributed by atoms with Gasteiger partial charge in [-0.3, -0.25) is 9.69 Å². The first-order valence-corrected chi connectivity index (χ1v) is 14.2. The molecule has 15 heteroatoms. The van der Waals surface area contributed by atoms with Crippen LogP contribution in [-0.4, -0.2) is 85.4 Å². The van der Waals surface area contributed by atoms with Crippen LogP contribution in [0, 0.1) is 23.4 Å². The Balaban J connectivity index is 1.41. The van der Waals surface area contributed by atoms with E-state index in [9.17, 15) is 36.6 Å². The minimum atomic E-state index is -4.28.